The highest BCUT2D eigenvalue weighted by atomic mass is 16.7. The number of carbonyl (C=O) groups excluding carboxylic acids is 1. The summed E-state index contributed by atoms with van der Waals surface area (Å²) in [6.07, 6.45) is 44.0. The SMILES string of the molecule is CCCCCCCCCCCCCCCCCCCCCCCCCCCCC(=O)NC(COC1OC(CO)C(OC2OC(CO)C(O)C(O)C2O)C(O)C1O)C(O)CCCCCCCCCCCCCCCCCCCCCC. The van der Waals surface area contributed by atoms with Crippen molar-refractivity contribution in [2.75, 3.05) is 19.8 Å². The summed E-state index contributed by atoms with van der Waals surface area (Å²) in [5.74, 6) is -0.197. The first kappa shape index (κ1) is 75.1. The van der Waals surface area contributed by atoms with E-state index in [2.05, 4.69) is 19.2 Å². The molecule has 2 fully saturated rings. The van der Waals surface area contributed by atoms with Gasteiger partial charge in [-0.3, -0.25) is 4.79 Å². The largest absolute Gasteiger partial charge is 0.394 e. The van der Waals surface area contributed by atoms with E-state index in [0.29, 0.717) is 12.8 Å². The van der Waals surface area contributed by atoms with Crippen molar-refractivity contribution in [3.8, 4) is 0 Å². The zero-order chi connectivity index (χ0) is 58.1. The van der Waals surface area contributed by atoms with Crippen molar-refractivity contribution in [3.05, 3.63) is 0 Å². The third-order valence-corrected chi connectivity index (χ3v) is 17.3. The van der Waals surface area contributed by atoms with Crippen LogP contribution in [0.15, 0.2) is 0 Å². The minimum absolute atomic E-state index is 0.197. The van der Waals surface area contributed by atoms with Gasteiger partial charge in [0.15, 0.2) is 12.6 Å². The van der Waals surface area contributed by atoms with E-state index in [0.717, 1.165) is 51.4 Å². The highest BCUT2D eigenvalue weighted by Gasteiger charge is 2.51. The normalized spacial score (nSPS) is 24.1. The molecule has 0 radical (unpaired) electrons. The monoisotopic (exact) mass is 1140 g/mol. The van der Waals surface area contributed by atoms with Gasteiger partial charge >= 0.3 is 0 Å². The molecule has 14 nitrogen and oxygen atoms in total. The van der Waals surface area contributed by atoms with E-state index in [4.69, 9.17) is 18.9 Å². The van der Waals surface area contributed by atoms with Gasteiger partial charge in [-0.25, -0.2) is 0 Å². The summed E-state index contributed by atoms with van der Waals surface area (Å²) in [4.78, 5) is 13.3. The van der Waals surface area contributed by atoms with Crippen molar-refractivity contribution in [3.63, 3.8) is 0 Å². The van der Waals surface area contributed by atoms with E-state index in [1.165, 1.54) is 244 Å². The lowest BCUT2D eigenvalue weighted by Gasteiger charge is -2.46. The number of hydrogen-bond acceptors (Lipinski definition) is 13. The molecule has 2 saturated heterocycles. The molecule has 1 amide bonds. The predicted octanol–water partition coefficient (Wildman–Crippen LogP) is 13.2. The maximum Gasteiger partial charge on any atom is 0.220 e. The molecule has 2 rings (SSSR count). The summed E-state index contributed by atoms with van der Waals surface area (Å²) in [6.45, 7) is 2.92. The van der Waals surface area contributed by atoms with Crippen LogP contribution in [-0.4, -0.2) is 140 Å². The van der Waals surface area contributed by atoms with Gasteiger partial charge in [0.25, 0.3) is 0 Å². The molecule has 2 aliphatic heterocycles. The van der Waals surface area contributed by atoms with Crippen LogP contribution in [0.1, 0.15) is 322 Å². The second-order valence-corrected chi connectivity index (χ2v) is 24.7. The average molecular weight is 1140 g/mol. The standard InChI is InChI=1S/C66H129NO13/c1-3-5-7-9-11-13-15-17-19-21-23-25-26-27-28-29-30-32-34-36-38-40-42-44-46-48-50-58(71)67-54(55(70)49-47-45-43-41-39-37-35-33-31-24-22-20-18-16-14-12-10-8-6-4-2)53-77-65-63(76)61(74)64(57(52-69)79-65)80-66-62(75)60(73)59(72)56(51-68)78-66/h54-57,59-66,68-70,72-76H,3-53H2,1-2H3,(H,67,71). The van der Waals surface area contributed by atoms with E-state index >= 15 is 0 Å². The van der Waals surface area contributed by atoms with Crippen LogP contribution in [0.3, 0.4) is 0 Å². The second kappa shape index (κ2) is 52.3. The molecule has 0 aliphatic carbocycles. The molecule has 2 aliphatic rings. The third kappa shape index (κ3) is 36.7. The van der Waals surface area contributed by atoms with E-state index in [1.807, 2.05) is 0 Å². The van der Waals surface area contributed by atoms with Crippen LogP contribution in [0.2, 0.25) is 0 Å². The first-order valence-corrected chi connectivity index (χ1v) is 34.3. The van der Waals surface area contributed by atoms with E-state index in [1.54, 1.807) is 0 Å². The average Bonchev–Trinajstić information content (AvgIpc) is 3.46. The van der Waals surface area contributed by atoms with Crippen LogP contribution in [0.25, 0.3) is 0 Å². The summed E-state index contributed by atoms with van der Waals surface area (Å²) in [7, 11) is 0. The minimum atomic E-state index is -1.78. The number of unbranched alkanes of at least 4 members (excludes halogenated alkanes) is 44. The Morgan fingerprint density at radius 3 is 1.06 bits per heavy atom. The number of nitrogens with one attached hydrogen (secondary N) is 1. The number of aliphatic hydroxyl groups is 8. The van der Waals surface area contributed by atoms with Crippen molar-refractivity contribution in [1.82, 2.24) is 5.32 Å². The Morgan fingerprint density at radius 1 is 0.400 bits per heavy atom. The summed E-state index contributed by atoms with van der Waals surface area (Å²) in [6, 6.07) is -0.824. The van der Waals surface area contributed by atoms with Gasteiger partial charge in [0.05, 0.1) is 32.0 Å². The summed E-state index contributed by atoms with van der Waals surface area (Å²) in [5.41, 5.74) is 0. The van der Waals surface area contributed by atoms with Crippen LogP contribution in [0, 0.1) is 0 Å². The molecule has 0 aromatic rings. The third-order valence-electron chi connectivity index (χ3n) is 17.3. The Balaban J connectivity index is 1.67. The molecule has 0 bridgehead atoms. The summed E-state index contributed by atoms with van der Waals surface area (Å²) >= 11 is 0. The molecule has 80 heavy (non-hydrogen) atoms. The van der Waals surface area contributed by atoms with Crippen molar-refractivity contribution in [1.29, 1.82) is 0 Å². The van der Waals surface area contributed by atoms with Crippen LogP contribution >= 0.6 is 0 Å². The highest BCUT2D eigenvalue weighted by Crippen LogP contribution is 2.30. The van der Waals surface area contributed by atoms with Crippen LogP contribution in [0.5, 0.6) is 0 Å². The Kier molecular flexibility index (Phi) is 49.1. The second-order valence-electron chi connectivity index (χ2n) is 24.7. The van der Waals surface area contributed by atoms with Crippen LogP contribution in [-0.2, 0) is 23.7 Å². The molecular formula is C66H129NO13. The topological polar surface area (TPSA) is 228 Å². The molecule has 14 heteroatoms. The molecule has 2 heterocycles. The van der Waals surface area contributed by atoms with Gasteiger partial charge in [0.2, 0.25) is 5.91 Å². The predicted molar refractivity (Wildman–Crippen MR) is 323 cm³/mol. The van der Waals surface area contributed by atoms with E-state index in [9.17, 15) is 45.6 Å². The number of ether oxygens (including phenoxy) is 4. The summed E-state index contributed by atoms with van der Waals surface area (Å²) < 4.78 is 22.9. The molecular weight excluding hydrogens is 1010 g/mol. The molecule has 0 spiro atoms. The lowest BCUT2D eigenvalue weighted by Crippen LogP contribution is -2.65. The fraction of sp³-hybridized carbons (Fsp3) is 0.985. The van der Waals surface area contributed by atoms with Crippen molar-refractivity contribution < 1.29 is 64.6 Å². The van der Waals surface area contributed by atoms with Crippen molar-refractivity contribution in [2.45, 2.75) is 396 Å². The Hall–Kier alpha value is -1.01. The molecule has 0 aromatic carbocycles. The van der Waals surface area contributed by atoms with Gasteiger partial charge in [0.1, 0.15) is 48.8 Å². The number of amides is 1. The Morgan fingerprint density at radius 2 is 0.713 bits per heavy atom. The van der Waals surface area contributed by atoms with Crippen LogP contribution < -0.4 is 5.32 Å². The maximum atomic E-state index is 13.3. The summed E-state index contributed by atoms with van der Waals surface area (Å²) in [5, 5.41) is 87.5. The van der Waals surface area contributed by atoms with E-state index < -0.39 is 86.8 Å². The van der Waals surface area contributed by atoms with Gasteiger partial charge in [-0.05, 0) is 12.8 Å². The number of carbonyl (C=O) groups is 1. The smallest absolute Gasteiger partial charge is 0.220 e. The number of rotatable bonds is 57. The molecule has 12 unspecified atom stereocenters. The lowest BCUT2D eigenvalue weighted by molar-refractivity contribution is -0.359. The fourth-order valence-corrected chi connectivity index (χ4v) is 11.8. The first-order valence-electron chi connectivity index (χ1n) is 34.3. The molecule has 12 atom stereocenters. The number of aliphatic hydroxyl groups excluding tert-OH is 8. The molecule has 0 aromatic heterocycles. The fourth-order valence-electron chi connectivity index (χ4n) is 11.8. The lowest BCUT2D eigenvalue weighted by atomic mass is 9.97. The van der Waals surface area contributed by atoms with Crippen molar-refractivity contribution >= 4 is 5.91 Å². The Bertz CT molecular complexity index is 1350. The van der Waals surface area contributed by atoms with Gasteiger partial charge in [0, 0.05) is 6.42 Å². The van der Waals surface area contributed by atoms with Gasteiger partial charge in [-0.1, -0.05) is 303 Å². The maximum absolute atomic E-state index is 13.3. The zero-order valence-corrected chi connectivity index (χ0v) is 51.6. The van der Waals surface area contributed by atoms with E-state index in [-0.39, 0.29) is 12.5 Å². The minimum Gasteiger partial charge on any atom is -0.394 e. The zero-order valence-electron chi connectivity index (χ0n) is 51.6. The van der Waals surface area contributed by atoms with Gasteiger partial charge in [-0.2, -0.15) is 0 Å². The molecule has 0 saturated carbocycles. The van der Waals surface area contributed by atoms with Crippen LogP contribution in [0.4, 0.5) is 0 Å². The first-order chi connectivity index (χ1) is 39.1. The number of hydrogen-bond donors (Lipinski definition) is 9. The Labute approximate surface area is 489 Å². The highest BCUT2D eigenvalue weighted by molar-refractivity contribution is 5.76. The molecule has 9 N–H and O–H groups in total. The van der Waals surface area contributed by atoms with Gasteiger partial charge in [-0.15, -0.1) is 0 Å². The van der Waals surface area contributed by atoms with Crippen molar-refractivity contribution in [2.24, 2.45) is 0 Å². The molecule has 476 valence electrons. The quantitative estimate of drug-likeness (QED) is 0.0259. The van der Waals surface area contributed by atoms with Gasteiger partial charge < -0.3 is 65.1 Å².